The summed E-state index contributed by atoms with van der Waals surface area (Å²) in [5, 5.41) is 4.35. The molecular formula is C26H28N4O3S. The minimum atomic E-state index is -0.414. The van der Waals surface area contributed by atoms with Gasteiger partial charge in [-0.2, -0.15) is 14.6 Å². The van der Waals surface area contributed by atoms with Gasteiger partial charge in [0.15, 0.2) is 0 Å². The van der Waals surface area contributed by atoms with E-state index in [9.17, 15) is 9.59 Å². The lowest BCUT2D eigenvalue weighted by Gasteiger charge is -2.20. The first-order valence-electron chi connectivity index (χ1n) is 11.5. The molecule has 0 radical (unpaired) electrons. The highest BCUT2D eigenvalue weighted by Crippen LogP contribution is 2.16. The van der Waals surface area contributed by atoms with E-state index in [1.54, 1.807) is 0 Å². The quantitative estimate of drug-likeness (QED) is 0.369. The molecule has 34 heavy (non-hydrogen) atoms. The molecule has 0 bridgehead atoms. The molecule has 4 rings (SSSR count). The molecule has 0 aliphatic rings. The summed E-state index contributed by atoms with van der Waals surface area (Å²) >= 11 is 1.17. The zero-order valence-corrected chi connectivity index (χ0v) is 20.5. The maximum atomic E-state index is 13.0. The van der Waals surface area contributed by atoms with Crippen molar-refractivity contribution in [3.05, 3.63) is 90.6 Å². The van der Waals surface area contributed by atoms with Crippen molar-refractivity contribution in [2.24, 2.45) is 0 Å². The number of ether oxygens (including phenoxy) is 1. The highest BCUT2D eigenvalue weighted by molar-refractivity contribution is 7.15. The Morgan fingerprint density at radius 2 is 1.71 bits per heavy atom. The van der Waals surface area contributed by atoms with Gasteiger partial charge in [-0.3, -0.25) is 9.59 Å². The molecule has 0 saturated carbocycles. The van der Waals surface area contributed by atoms with E-state index < -0.39 is 5.56 Å². The molecule has 4 aromatic rings. The fourth-order valence-electron chi connectivity index (χ4n) is 3.69. The average molecular weight is 477 g/mol. The number of rotatable bonds is 9. The van der Waals surface area contributed by atoms with Gasteiger partial charge in [0.2, 0.25) is 4.96 Å². The highest BCUT2D eigenvalue weighted by Gasteiger charge is 2.12. The molecule has 0 unspecified atom stereocenters. The molecule has 0 N–H and O–H groups in total. The summed E-state index contributed by atoms with van der Waals surface area (Å²) in [6, 6.07) is 15.6. The summed E-state index contributed by atoms with van der Waals surface area (Å²) in [5.41, 5.74) is 2.51. The minimum Gasteiger partial charge on any atom is -0.494 e. The Morgan fingerprint density at radius 3 is 2.35 bits per heavy atom. The van der Waals surface area contributed by atoms with E-state index in [0.717, 1.165) is 42.1 Å². The van der Waals surface area contributed by atoms with Crippen LogP contribution in [0.5, 0.6) is 5.75 Å². The molecule has 0 spiro atoms. The number of nitrogens with zero attached hydrogens (tertiary/aromatic N) is 4. The Bertz CT molecular complexity index is 1420. The lowest BCUT2D eigenvalue weighted by molar-refractivity contribution is 0.317. The Morgan fingerprint density at radius 1 is 1.00 bits per heavy atom. The van der Waals surface area contributed by atoms with Gasteiger partial charge in [0.1, 0.15) is 11.4 Å². The molecular weight excluding hydrogens is 448 g/mol. The van der Waals surface area contributed by atoms with E-state index in [-0.39, 0.29) is 11.3 Å². The highest BCUT2D eigenvalue weighted by atomic mass is 32.1. The summed E-state index contributed by atoms with van der Waals surface area (Å²) in [5.74, 6) is 0.786. The van der Waals surface area contributed by atoms with Gasteiger partial charge in [-0.1, -0.05) is 42.5 Å². The van der Waals surface area contributed by atoms with Crippen LogP contribution >= 0.6 is 11.3 Å². The van der Waals surface area contributed by atoms with Crippen LogP contribution in [0.4, 0.5) is 5.69 Å². The topological polar surface area (TPSA) is 76.8 Å². The lowest BCUT2D eigenvalue weighted by Crippen LogP contribution is -2.28. The van der Waals surface area contributed by atoms with Crippen molar-refractivity contribution in [3.8, 4) is 5.75 Å². The van der Waals surface area contributed by atoms with Gasteiger partial charge in [0, 0.05) is 25.2 Å². The van der Waals surface area contributed by atoms with E-state index in [0.29, 0.717) is 22.5 Å². The predicted molar refractivity (Wildman–Crippen MR) is 137 cm³/mol. The molecule has 176 valence electrons. The third-order valence-electron chi connectivity index (χ3n) is 5.54. The summed E-state index contributed by atoms with van der Waals surface area (Å²) in [4.78, 5) is 32.2. The molecule has 2 aromatic heterocycles. The molecule has 0 atom stereocenters. The first kappa shape index (κ1) is 23.6. The molecule has 2 aromatic carbocycles. The van der Waals surface area contributed by atoms with Gasteiger partial charge in [0.25, 0.3) is 11.1 Å². The largest absolute Gasteiger partial charge is 0.494 e. The van der Waals surface area contributed by atoms with Gasteiger partial charge in [0.05, 0.1) is 11.1 Å². The first-order chi connectivity index (χ1) is 16.5. The van der Waals surface area contributed by atoms with E-state index in [4.69, 9.17) is 4.74 Å². The zero-order chi connectivity index (χ0) is 24.1. The van der Waals surface area contributed by atoms with Crippen LogP contribution in [-0.4, -0.2) is 34.3 Å². The number of hydrogen-bond donors (Lipinski definition) is 0. The van der Waals surface area contributed by atoms with E-state index in [1.807, 2.05) is 54.6 Å². The Kier molecular flexibility index (Phi) is 7.37. The van der Waals surface area contributed by atoms with E-state index >= 15 is 0 Å². The first-order valence-corrected chi connectivity index (χ1v) is 12.3. The second-order valence-electron chi connectivity index (χ2n) is 7.91. The fourth-order valence-corrected chi connectivity index (χ4v) is 4.59. The number of aromatic nitrogens is 3. The summed E-state index contributed by atoms with van der Waals surface area (Å²) in [6.45, 7) is 8.83. The van der Waals surface area contributed by atoms with Crippen LogP contribution < -0.4 is 25.3 Å². The Labute approximate surface area is 202 Å². The molecule has 8 heteroatoms. The summed E-state index contributed by atoms with van der Waals surface area (Å²) in [7, 11) is 0. The molecule has 7 nitrogen and oxygen atoms in total. The molecule has 0 fully saturated rings. The van der Waals surface area contributed by atoms with Crippen molar-refractivity contribution in [3.63, 3.8) is 0 Å². The normalized spacial score (nSPS) is 11.8. The van der Waals surface area contributed by atoms with Crippen molar-refractivity contribution in [1.82, 2.24) is 14.6 Å². The van der Waals surface area contributed by atoms with Gasteiger partial charge in [-0.05, 0) is 61.7 Å². The third kappa shape index (κ3) is 5.17. The Balaban J connectivity index is 1.62. The van der Waals surface area contributed by atoms with Crippen LogP contribution in [0.25, 0.3) is 11.0 Å². The van der Waals surface area contributed by atoms with E-state index in [2.05, 4.69) is 35.8 Å². The molecule has 2 heterocycles. The molecule has 0 aliphatic carbocycles. The van der Waals surface area contributed by atoms with Crippen LogP contribution in [0.15, 0.2) is 58.1 Å². The zero-order valence-electron chi connectivity index (χ0n) is 19.7. The van der Waals surface area contributed by atoms with Crippen molar-refractivity contribution in [1.29, 1.82) is 0 Å². The maximum absolute atomic E-state index is 13.0. The second-order valence-corrected chi connectivity index (χ2v) is 8.92. The van der Waals surface area contributed by atoms with Gasteiger partial charge in [-0.15, -0.1) is 0 Å². The average Bonchev–Trinajstić information content (AvgIpc) is 3.14. The van der Waals surface area contributed by atoms with Gasteiger partial charge < -0.3 is 9.64 Å². The molecule has 0 amide bonds. The van der Waals surface area contributed by atoms with Crippen LogP contribution in [0.1, 0.15) is 44.0 Å². The summed E-state index contributed by atoms with van der Waals surface area (Å²) in [6.07, 6.45) is 3.05. The van der Waals surface area contributed by atoms with Gasteiger partial charge >= 0.3 is 0 Å². The SMILES string of the molecule is CCCOc1ccc(Cc2nn3c(=O)/c(=C/c4ccc(N(CC)CC)cc4)sc3nc2=O)cc1. The van der Waals surface area contributed by atoms with E-state index in [1.165, 1.54) is 15.9 Å². The van der Waals surface area contributed by atoms with Crippen LogP contribution in [0.3, 0.4) is 0 Å². The Hall–Kier alpha value is -3.52. The van der Waals surface area contributed by atoms with Crippen molar-refractivity contribution in [2.45, 2.75) is 33.6 Å². The maximum Gasteiger partial charge on any atom is 0.296 e. The second kappa shape index (κ2) is 10.6. The lowest BCUT2D eigenvalue weighted by atomic mass is 10.1. The summed E-state index contributed by atoms with van der Waals surface area (Å²) < 4.78 is 7.32. The predicted octanol–water partition coefficient (Wildman–Crippen LogP) is 3.28. The van der Waals surface area contributed by atoms with Crippen molar-refractivity contribution >= 4 is 28.1 Å². The number of fused-ring (bicyclic) bond motifs is 1. The minimum absolute atomic E-state index is 0.241. The van der Waals surface area contributed by atoms with Crippen LogP contribution in [0, 0.1) is 0 Å². The molecule has 0 aliphatic heterocycles. The monoisotopic (exact) mass is 476 g/mol. The van der Waals surface area contributed by atoms with Crippen LogP contribution in [-0.2, 0) is 6.42 Å². The standard InChI is InChI=1S/C26H28N4O3S/c1-4-15-33-21-13-9-18(10-14-21)16-22-24(31)27-26-30(28-22)25(32)23(34-26)17-19-7-11-20(12-8-19)29(5-2)6-3/h7-14,17H,4-6,15-16H2,1-3H3/b23-17-. The van der Waals surface area contributed by atoms with Gasteiger partial charge in [-0.25, -0.2) is 0 Å². The molecule has 0 saturated heterocycles. The van der Waals surface area contributed by atoms with Crippen molar-refractivity contribution < 1.29 is 4.74 Å². The number of hydrogen-bond acceptors (Lipinski definition) is 7. The third-order valence-corrected chi connectivity index (χ3v) is 6.50. The van der Waals surface area contributed by atoms with Crippen molar-refractivity contribution in [2.75, 3.05) is 24.6 Å². The number of benzene rings is 2. The smallest absolute Gasteiger partial charge is 0.296 e. The van der Waals surface area contributed by atoms with Crippen LogP contribution in [0.2, 0.25) is 0 Å². The number of thiazole rings is 1. The fraction of sp³-hybridized carbons (Fsp3) is 0.308. The number of anilines is 1.